The zero-order valence-corrected chi connectivity index (χ0v) is 10.2. The largest absolute Gasteiger partial charge is 0.240 e. The first-order chi connectivity index (χ1) is 8.49. The number of tetrazole rings is 1. The van der Waals surface area contributed by atoms with E-state index in [9.17, 15) is 12.8 Å². The average Bonchev–Trinajstić information content (AvgIpc) is 2.73. The van der Waals surface area contributed by atoms with Crippen molar-refractivity contribution >= 4 is 10.0 Å². The van der Waals surface area contributed by atoms with Crippen LogP contribution in [0, 0.1) is 5.82 Å². The van der Waals surface area contributed by atoms with E-state index in [1.807, 2.05) is 0 Å². The predicted molar refractivity (Wildman–Crippen MR) is 59.2 cm³/mol. The van der Waals surface area contributed by atoms with Crippen molar-refractivity contribution in [1.29, 1.82) is 0 Å². The molecule has 0 fully saturated rings. The van der Waals surface area contributed by atoms with E-state index < -0.39 is 15.8 Å². The van der Waals surface area contributed by atoms with Crippen LogP contribution in [0.4, 0.5) is 4.39 Å². The van der Waals surface area contributed by atoms with Gasteiger partial charge in [0.05, 0.1) is 11.4 Å². The maximum Gasteiger partial charge on any atom is 0.240 e. The molecule has 2 aromatic rings. The van der Waals surface area contributed by atoms with Crippen molar-refractivity contribution in [2.24, 2.45) is 7.05 Å². The van der Waals surface area contributed by atoms with Crippen LogP contribution < -0.4 is 4.72 Å². The number of sulfonamides is 1. The number of hydrogen-bond acceptors (Lipinski definition) is 5. The molecule has 0 aliphatic heterocycles. The smallest absolute Gasteiger partial charge is 0.231 e. The minimum atomic E-state index is -3.70. The lowest BCUT2D eigenvalue weighted by molar-refractivity contribution is 0.574. The second-order valence-corrected chi connectivity index (χ2v) is 5.26. The van der Waals surface area contributed by atoms with Gasteiger partial charge >= 0.3 is 0 Å². The fraction of sp³-hybridized carbons (Fsp3) is 0.222. The highest BCUT2D eigenvalue weighted by molar-refractivity contribution is 7.89. The number of nitrogens with zero attached hydrogens (tertiary/aromatic N) is 4. The molecular weight excluding hydrogens is 261 g/mol. The van der Waals surface area contributed by atoms with Gasteiger partial charge in [-0.1, -0.05) is 0 Å². The van der Waals surface area contributed by atoms with Gasteiger partial charge in [0.2, 0.25) is 10.0 Å². The molecule has 0 aliphatic rings. The molecule has 0 unspecified atom stereocenters. The number of aryl methyl sites for hydroxylation is 1. The van der Waals surface area contributed by atoms with Gasteiger partial charge in [0.15, 0.2) is 5.82 Å². The Morgan fingerprint density at radius 1 is 1.33 bits per heavy atom. The fourth-order valence-corrected chi connectivity index (χ4v) is 2.23. The summed E-state index contributed by atoms with van der Waals surface area (Å²) >= 11 is 0. The van der Waals surface area contributed by atoms with Gasteiger partial charge in [0.1, 0.15) is 5.82 Å². The molecule has 0 saturated carbocycles. The lowest BCUT2D eigenvalue weighted by Crippen LogP contribution is -2.24. The van der Waals surface area contributed by atoms with Gasteiger partial charge in [-0.15, -0.1) is 5.10 Å². The second-order valence-electron chi connectivity index (χ2n) is 3.50. The van der Waals surface area contributed by atoms with E-state index in [1.165, 1.54) is 16.8 Å². The van der Waals surface area contributed by atoms with Gasteiger partial charge in [0.25, 0.3) is 0 Å². The quantitative estimate of drug-likeness (QED) is 0.833. The molecule has 18 heavy (non-hydrogen) atoms. The molecule has 0 amide bonds. The fourth-order valence-electron chi connectivity index (χ4n) is 1.25. The first kappa shape index (κ1) is 12.6. The predicted octanol–water partition coefficient (Wildman–Crippen LogP) is -0.172. The molecule has 96 valence electrons. The number of rotatable bonds is 4. The maximum absolute atomic E-state index is 12.7. The number of aromatic nitrogens is 4. The van der Waals surface area contributed by atoms with Crippen LogP contribution in [-0.4, -0.2) is 28.6 Å². The van der Waals surface area contributed by atoms with Crippen LogP contribution in [0.1, 0.15) is 5.82 Å². The van der Waals surface area contributed by atoms with E-state index in [2.05, 4.69) is 20.2 Å². The van der Waals surface area contributed by atoms with Gasteiger partial charge in [0, 0.05) is 7.05 Å². The summed E-state index contributed by atoms with van der Waals surface area (Å²) in [5.41, 5.74) is 0. The summed E-state index contributed by atoms with van der Waals surface area (Å²) in [5, 5.41) is 10.6. The van der Waals surface area contributed by atoms with Crippen LogP contribution in [0.25, 0.3) is 0 Å². The Balaban J connectivity index is 2.13. The van der Waals surface area contributed by atoms with Crippen LogP contribution in [0.5, 0.6) is 0 Å². The standard InChI is InChI=1S/C9H10FN5O2S/c1-15-9(12-13-14-15)6-11-18(16,17)8-4-2-7(10)3-5-8/h2-5,11H,6H2,1H3. The number of benzene rings is 1. The Morgan fingerprint density at radius 3 is 2.56 bits per heavy atom. The molecule has 0 bridgehead atoms. The van der Waals surface area contributed by atoms with Crippen molar-refractivity contribution in [2.75, 3.05) is 0 Å². The summed E-state index contributed by atoms with van der Waals surface area (Å²) in [5.74, 6) is -0.118. The molecule has 1 aromatic carbocycles. The van der Waals surface area contributed by atoms with Gasteiger partial charge < -0.3 is 0 Å². The maximum atomic E-state index is 12.7. The Kier molecular flexibility index (Phi) is 3.34. The Bertz CT molecular complexity index is 637. The van der Waals surface area contributed by atoms with E-state index >= 15 is 0 Å². The molecular formula is C9H10FN5O2S. The highest BCUT2D eigenvalue weighted by Crippen LogP contribution is 2.09. The SMILES string of the molecule is Cn1nnnc1CNS(=O)(=O)c1ccc(F)cc1. The third-order valence-corrected chi connectivity index (χ3v) is 3.67. The summed E-state index contributed by atoms with van der Waals surface area (Å²) in [7, 11) is -2.10. The number of nitrogens with one attached hydrogen (secondary N) is 1. The van der Waals surface area contributed by atoms with Gasteiger partial charge in [-0.2, -0.15) is 0 Å². The molecule has 0 radical (unpaired) electrons. The average molecular weight is 271 g/mol. The molecule has 0 spiro atoms. The molecule has 0 atom stereocenters. The van der Waals surface area contributed by atoms with Gasteiger partial charge in [-0.25, -0.2) is 22.2 Å². The monoisotopic (exact) mass is 271 g/mol. The zero-order valence-electron chi connectivity index (χ0n) is 9.41. The molecule has 7 nitrogen and oxygen atoms in total. The van der Waals surface area contributed by atoms with Crippen LogP contribution >= 0.6 is 0 Å². The molecule has 2 rings (SSSR count). The van der Waals surface area contributed by atoms with Gasteiger partial charge in [-0.3, -0.25) is 0 Å². The summed E-state index contributed by atoms with van der Waals surface area (Å²) in [6.45, 7) is -0.0385. The molecule has 0 aliphatic carbocycles. The second kappa shape index (κ2) is 4.78. The molecule has 0 saturated heterocycles. The lowest BCUT2D eigenvalue weighted by atomic mass is 10.4. The molecule has 1 heterocycles. The summed E-state index contributed by atoms with van der Waals surface area (Å²) < 4.78 is 40.0. The Labute approximate surface area is 103 Å². The van der Waals surface area contributed by atoms with E-state index in [0.717, 1.165) is 12.1 Å². The van der Waals surface area contributed by atoms with E-state index in [4.69, 9.17) is 0 Å². The Morgan fingerprint density at radius 2 is 2.00 bits per heavy atom. The van der Waals surface area contributed by atoms with Crippen LogP contribution in [-0.2, 0) is 23.6 Å². The molecule has 1 aromatic heterocycles. The summed E-state index contributed by atoms with van der Waals surface area (Å²) in [6, 6.07) is 4.54. The molecule has 1 N–H and O–H groups in total. The minimum absolute atomic E-state index is 0.0148. The van der Waals surface area contributed by atoms with Crippen molar-refractivity contribution < 1.29 is 12.8 Å². The summed E-state index contributed by atoms with van der Waals surface area (Å²) in [6.07, 6.45) is 0. The van der Waals surface area contributed by atoms with Gasteiger partial charge in [-0.05, 0) is 34.7 Å². The highest BCUT2D eigenvalue weighted by Gasteiger charge is 2.15. The molecule has 9 heteroatoms. The third kappa shape index (κ3) is 2.68. The van der Waals surface area contributed by atoms with E-state index in [-0.39, 0.29) is 11.4 Å². The minimum Gasteiger partial charge on any atom is -0.231 e. The zero-order chi connectivity index (χ0) is 13.2. The normalized spacial score (nSPS) is 11.7. The number of halogens is 1. The van der Waals surface area contributed by atoms with Crippen LogP contribution in [0.15, 0.2) is 29.2 Å². The van der Waals surface area contributed by atoms with E-state index in [0.29, 0.717) is 5.82 Å². The number of hydrogen-bond donors (Lipinski definition) is 1. The van der Waals surface area contributed by atoms with Crippen molar-refractivity contribution in [3.8, 4) is 0 Å². The van der Waals surface area contributed by atoms with E-state index in [1.54, 1.807) is 7.05 Å². The summed E-state index contributed by atoms with van der Waals surface area (Å²) in [4.78, 5) is -0.0148. The van der Waals surface area contributed by atoms with Crippen LogP contribution in [0.2, 0.25) is 0 Å². The first-order valence-corrected chi connectivity index (χ1v) is 6.44. The Hall–Kier alpha value is -1.87. The van der Waals surface area contributed by atoms with Crippen LogP contribution in [0.3, 0.4) is 0 Å². The van der Waals surface area contributed by atoms with Crippen molar-refractivity contribution in [3.05, 3.63) is 35.9 Å². The van der Waals surface area contributed by atoms with Crippen molar-refractivity contribution in [3.63, 3.8) is 0 Å². The third-order valence-electron chi connectivity index (χ3n) is 2.25. The lowest BCUT2D eigenvalue weighted by Gasteiger charge is -2.05. The topological polar surface area (TPSA) is 89.8 Å². The first-order valence-electron chi connectivity index (χ1n) is 4.95. The highest BCUT2D eigenvalue weighted by atomic mass is 32.2. The van der Waals surface area contributed by atoms with Crippen molar-refractivity contribution in [1.82, 2.24) is 24.9 Å². The van der Waals surface area contributed by atoms with Crippen molar-refractivity contribution in [2.45, 2.75) is 11.4 Å².